The highest BCUT2D eigenvalue weighted by Gasteiger charge is 2.08. The number of hydrogen-bond donors (Lipinski definition) is 2. The molecule has 1 aromatic carbocycles. The molecular formula is C24H28N4O2+2. The van der Waals surface area contributed by atoms with E-state index in [-0.39, 0.29) is 11.8 Å². The van der Waals surface area contributed by atoms with Crippen LogP contribution < -0.4 is 19.8 Å². The highest BCUT2D eigenvalue weighted by molar-refractivity contribution is 5.73. The largest absolute Gasteiger partial charge is 0.352 e. The van der Waals surface area contributed by atoms with Crippen molar-refractivity contribution in [1.82, 2.24) is 10.6 Å². The van der Waals surface area contributed by atoms with E-state index in [0.717, 1.165) is 24.2 Å². The molecule has 0 unspecified atom stereocenters. The lowest BCUT2D eigenvalue weighted by Gasteiger charge is -2.04. The molecule has 0 aliphatic rings. The monoisotopic (exact) mass is 404 g/mol. The van der Waals surface area contributed by atoms with E-state index in [2.05, 4.69) is 56.4 Å². The quantitative estimate of drug-likeness (QED) is 0.561. The van der Waals surface area contributed by atoms with Gasteiger partial charge in [0.2, 0.25) is 11.8 Å². The highest BCUT2D eigenvalue weighted by atomic mass is 16.2. The molecule has 2 amide bonds. The van der Waals surface area contributed by atoms with Crippen LogP contribution in [0.4, 0.5) is 0 Å². The second-order valence-electron chi connectivity index (χ2n) is 7.41. The van der Waals surface area contributed by atoms with E-state index in [1.807, 2.05) is 36.7 Å². The van der Waals surface area contributed by atoms with Crippen molar-refractivity contribution in [3.8, 4) is 0 Å². The van der Waals surface area contributed by atoms with Crippen molar-refractivity contribution in [2.75, 3.05) is 0 Å². The Hall–Kier alpha value is -3.54. The second-order valence-corrected chi connectivity index (χ2v) is 7.41. The summed E-state index contributed by atoms with van der Waals surface area (Å²) in [6, 6.07) is 16.6. The minimum atomic E-state index is -0.0282. The first-order valence-electron chi connectivity index (χ1n) is 10.0. The molecule has 30 heavy (non-hydrogen) atoms. The van der Waals surface area contributed by atoms with Crippen LogP contribution in [0.1, 0.15) is 36.1 Å². The summed E-state index contributed by atoms with van der Waals surface area (Å²) < 4.78 is 4.23. The Bertz CT molecular complexity index is 933. The Kier molecular flexibility index (Phi) is 7.27. The van der Waals surface area contributed by atoms with Gasteiger partial charge in [0, 0.05) is 61.3 Å². The number of nitrogens with one attached hydrogen (secondary N) is 2. The van der Waals surface area contributed by atoms with Crippen LogP contribution in [0.5, 0.6) is 0 Å². The molecule has 0 radical (unpaired) electrons. The maximum absolute atomic E-state index is 11.1. The number of pyridine rings is 2. The van der Waals surface area contributed by atoms with Gasteiger partial charge in [-0.15, -0.1) is 0 Å². The molecule has 0 bridgehead atoms. The first-order chi connectivity index (χ1) is 14.5. The zero-order chi connectivity index (χ0) is 21.3. The van der Waals surface area contributed by atoms with Gasteiger partial charge in [-0.3, -0.25) is 9.59 Å². The van der Waals surface area contributed by atoms with E-state index >= 15 is 0 Å². The van der Waals surface area contributed by atoms with E-state index in [1.165, 1.54) is 25.0 Å². The molecule has 3 rings (SSSR count). The van der Waals surface area contributed by atoms with Gasteiger partial charge < -0.3 is 10.6 Å². The lowest BCUT2D eigenvalue weighted by atomic mass is 10.1. The van der Waals surface area contributed by atoms with Crippen LogP contribution in [0.3, 0.4) is 0 Å². The van der Waals surface area contributed by atoms with Crippen molar-refractivity contribution in [3.63, 3.8) is 0 Å². The topological polar surface area (TPSA) is 66.0 Å². The molecule has 2 aromatic heterocycles. The minimum Gasteiger partial charge on any atom is -0.352 e. The zero-order valence-corrected chi connectivity index (χ0v) is 17.5. The van der Waals surface area contributed by atoms with E-state index in [1.54, 1.807) is 0 Å². The van der Waals surface area contributed by atoms with Gasteiger partial charge in [-0.1, -0.05) is 24.3 Å². The molecule has 154 valence electrons. The standard InChI is InChI=1S/C24H26N4O2/c1-19(29)25-13-23-5-3-11-27(17-23)15-21-7-9-22(10-8-21)16-28-12-4-6-24(18-28)14-26-20(2)30/h3-12,17-18H,13-16H2,1-2H3/p+2. The molecule has 0 saturated heterocycles. The Labute approximate surface area is 177 Å². The predicted molar refractivity (Wildman–Crippen MR) is 113 cm³/mol. The number of rotatable bonds is 8. The number of carbonyl (C=O) groups is 2. The Morgan fingerprint density at radius 3 is 1.43 bits per heavy atom. The summed E-state index contributed by atoms with van der Waals surface area (Å²) in [7, 11) is 0. The van der Waals surface area contributed by atoms with Crippen molar-refractivity contribution in [2.24, 2.45) is 0 Å². The van der Waals surface area contributed by atoms with Crippen molar-refractivity contribution < 1.29 is 18.7 Å². The van der Waals surface area contributed by atoms with Crippen LogP contribution in [0.15, 0.2) is 73.3 Å². The summed E-state index contributed by atoms with van der Waals surface area (Å²) in [6.07, 6.45) is 8.17. The average Bonchev–Trinajstić information content (AvgIpc) is 2.73. The summed E-state index contributed by atoms with van der Waals surface area (Å²) in [5.41, 5.74) is 4.56. The molecule has 0 aliphatic heterocycles. The van der Waals surface area contributed by atoms with Crippen LogP contribution in [-0.4, -0.2) is 11.8 Å². The van der Waals surface area contributed by atoms with Gasteiger partial charge >= 0.3 is 0 Å². The smallest absolute Gasteiger partial charge is 0.217 e. The van der Waals surface area contributed by atoms with E-state index < -0.39 is 0 Å². The molecule has 0 spiro atoms. The molecule has 2 N–H and O–H groups in total. The third-order valence-electron chi connectivity index (χ3n) is 4.68. The number of aromatic nitrogens is 2. The third-order valence-corrected chi connectivity index (χ3v) is 4.68. The summed E-state index contributed by atoms with van der Waals surface area (Å²) in [5, 5.41) is 5.65. The SMILES string of the molecule is CC(=O)NCc1ccc[n+](Cc2ccc(C[n+]3cccc(CNC(C)=O)c3)cc2)c1. The van der Waals surface area contributed by atoms with E-state index in [9.17, 15) is 9.59 Å². The van der Waals surface area contributed by atoms with Crippen LogP contribution in [0.25, 0.3) is 0 Å². The van der Waals surface area contributed by atoms with Crippen LogP contribution in [0, 0.1) is 0 Å². The molecule has 0 saturated carbocycles. The van der Waals surface area contributed by atoms with Crippen LogP contribution >= 0.6 is 0 Å². The lowest BCUT2D eigenvalue weighted by Crippen LogP contribution is -2.35. The average molecular weight is 405 g/mol. The summed E-state index contributed by atoms with van der Waals surface area (Å²) >= 11 is 0. The Morgan fingerprint density at radius 2 is 1.07 bits per heavy atom. The molecule has 0 fully saturated rings. The molecule has 2 heterocycles. The molecule has 0 aliphatic carbocycles. The molecule has 0 atom stereocenters. The minimum absolute atomic E-state index is 0.0282. The summed E-state index contributed by atoms with van der Waals surface area (Å²) in [6.45, 7) is 5.66. The number of amides is 2. The first-order valence-corrected chi connectivity index (χ1v) is 10.0. The molecule has 6 nitrogen and oxygen atoms in total. The Balaban J connectivity index is 1.60. The third kappa shape index (κ3) is 6.81. The maximum Gasteiger partial charge on any atom is 0.217 e. The fraction of sp³-hybridized carbons (Fsp3) is 0.250. The van der Waals surface area contributed by atoms with Gasteiger partial charge in [0.15, 0.2) is 37.9 Å². The van der Waals surface area contributed by atoms with Crippen molar-refractivity contribution in [1.29, 1.82) is 0 Å². The lowest BCUT2D eigenvalue weighted by molar-refractivity contribution is -0.689. The predicted octanol–water partition coefficient (Wildman–Crippen LogP) is 1.63. The van der Waals surface area contributed by atoms with Gasteiger partial charge in [0.25, 0.3) is 0 Å². The van der Waals surface area contributed by atoms with Gasteiger partial charge in [0.05, 0.1) is 0 Å². The van der Waals surface area contributed by atoms with Crippen molar-refractivity contribution in [2.45, 2.75) is 40.0 Å². The molecule has 6 heteroatoms. The normalized spacial score (nSPS) is 10.5. The van der Waals surface area contributed by atoms with Crippen molar-refractivity contribution in [3.05, 3.63) is 95.6 Å². The number of hydrogen-bond acceptors (Lipinski definition) is 2. The zero-order valence-electron chi connectivity index (χ0n) is 17.5. The molecule has 3 aromatic rings. The van der Waals surface area contributed by atoms with Crippen LogP contribution in [-0.2, 0) is 35.8 Å². The van der Waals surface area contributed by atoms with Gasteiger partial charge in [-0.25, -0.2) is 9.13 Å². The highest BCUT2D eigenvalue weighted by Crippen LogP contribution is 2.05. The molecular weight excluding hydrogens is 376 g/mol. The maximum atomic E-state index is 11.1. The fourth-order valence-electron chi connectivity index (χ4n) is 3.18. The second kappa shape index (κ2) is 10.3. The first kappa shape index (κ1) is 21.2. The number of nitrogens with zero attached hydrogens (tertiary/aromatic N) is 2. The van der Waals surface area contributed by atoms with E-state index in [0.29, 0.717) is 13.1 Å². The summed E-state index contributed by atoms with van der Waals surface area (Å²) in [4.78, 5) is 22.2. The number of benzene rings is 1. The van der Waals surface area contributed by atoms with Crippen LogP contribution in [0.2, 0.25) is 0 Å². The number of carbonyl (C=O) groups excluding carboxylic acids is 2. The van der Waals surface area contributed by atoms with Gasteiger partial charge in [-0.05, 0) is 12.1 Å². The van der Waals surface area contributed by atoms with Gasteiger partial charge in [0.1, 0.15) is 0 Å². The summed E-state index contributed by atoms with van der Waals surface area (Å²) in [5.74, 6) is -0.0565. The fourth-order valence-corrected chi connectivity index (χ4v) is 3.18. The van der Waals surface area contributed by atoms with Gasteiger partial charge in [-0.2, -0.15) is 0 Å². The Morgan fingerprint density at radius 1 is 0.667 bits per heavy atom. The van der Waals surface area contributed by atoms with E-state index in [4.69, 9.17) is 0 Å². The van der Waals surface area contributed by atoms with Crippen molar-refractivity contribution >= 4 is 11.8 Å².